The van der Waals surface area contributed by atoms with Gasteiger partial charge in [0.15, 0.2) is 23.9 Å². The maximum Gasteiger partial charge on any atom is 0.307 e. The highest BCUT2D eigenvalue weighted by Gasteiger charge is 2.12. The maximum atomic E-state index is 12.3. The van der Waals surface area contributed by atoms with Crippen molar-refractivity contribution in [1.29, 1.82) is 5.26 Å². The first-order valence-electron chi connectivity index (χ1n) is 8.82. The number of benzene rings is 2. The molecule has 148 valence electrons. The third-order valence-corrected chi connectivity index (χ3v) is 3.88. The molecule has 8 heteroatoms. The summed E-state index contributed by atoms with van der Waals surface area (Å²) in [7, 11) is 1.50. The van der Waals surface area contributed by atoms with E-state index in [4.69, 9.17) is 23.9 Å². The second-order valence-corrected chi connectivity index (χ2v) is 5.80. The number of hydrogen-bond acceptors (Lipinski definition) is 7. The average Bonchev–Trinajstić information content (AvgIpc) is 3.16. The molecule has 1 heterocycles. The summed E-state index contributed by atoms with van der Waals surface area (Å²) in [5, 5.41) is 13.3. The second-order valence-electron chi connectivity index (χ2n) is 5.80. The molecule has 29 heavy (non-hydrogen) atoms. The minimum absolute atomic E-state index is 0.0799. The maximum absolute atomic E-state index is 12.3. The summed E-state index contributed by atoms with van der Waals surface area (Å²) in [6.45, 7) is 2.38. The fourth-order valence-electron chi connectivity index (χ4n) is 2.60. The van der Waals surface area contributed by atoms with Crippen molar-refractivity contribution < 1.29 is 23.4 Å². The number of rotatable bonds is 8. The lowest BCUT2D eigenvalue weighted by atomic mass is 10.2. The van der Waals surface area contributed by atoms with Crippen LogP contribution >= 0.6 is 0 Å². The van der Waals surface area contributed by atoms with Gasteiger partial charge in [-0.2, -0.15) is 10.4 Å². The Morgan fingerprint density at radius 3 is 2.83 bits per heavy atom. The third-order valence-electron chi connectivity index (χ3n) is 3.88. The highest BCUT2D eigenvalue weighted by molar-refractivity contribution is 5.96. The van der Waals surface area contributed by atoms with Gasteiger partial charge < -0.3 is 18.6 Å². The van der Waals surface area contributed by atoms with Gasteiger partial charge in [-0.1, -0.05) is 0 Å². The molecule has 0 spiro atoms. The number of furan rings is 1. The minimum atomic E-state index is -0.476. The van der Waals surface area contributed by atoms with Crippen LogP contribution in [0.3, 0.4) is 0 Å². The molecule has 8 nitrogen and oxygen atoms in total. The Kier molecular flexibility index (Phi) is 6.32. The van der Waals surface area contributed by atoms with E-state index in [1.165, 1.54) is 13.3 Å². The number of carbonyl (C=O) groups is 1. The van der Waals surface area contributed by atoms with Crippen LogP contribution in [0, 0.1) is 11.3 Å². The number of hydrazone groups is 1. The Morgan fingerprint density at radius 2 is 2.07 bits per heavy atom. The SMILES string of the molecule is CCOc1ccc2oc(C(=O)N/N=C/c3ccc(OCC#N)c(OC)c3)cc2c1. The molecule has 0 unspecified atom stereocenters. The van der Waals surface area contributed by atoms with Gasteiger partial charge in [-0.3, -0.25) is 4.79 Å². The Bertz CT molecular complexity index is 1080. The fraction of sp³-hybridized carbons (Fsp3) is 0.190. The highest BCUT2D eigenvalue weighted by Crippen LogP contribution is 2.27. The number of nitrogens with zero attached hydrogens (tertiary/aromatic N) is 2. The molecule has 0 saturated carbocycles. The van der Waals surface area contributed by atoms with Crippen LogP contribution in [0.5, 0.6) is 17.2 Å². The van der Waals surface area contributed by atoms with Crippen molar-refractivity contribution in [2.24, 2.45) is 5.10 Å². The van der Waals surface area contributed by atoms with E-state index in [9.17, 15) is 4.79 Å². The van der Waals surface area contributed by atoms with Crippen LogP contribution in [0.25, 0.3) is 11.0 Å². The number of amides is 1. The second kappa shape index (κ2) is 9.28. The van der Waals surface area contributed by atoms with Crippen molar-refractivity contribution in [2.45, 2.75) is 6.92 Å². The first kappa shape index (κ1) is 19.8. The largest absolute Gasteiger partial charge is 0.494 e. The van der Waals surface area contributed by atoms with E-state index in [1.807, 2.05) is 19.1 Å². The van der Waals surface area contributed by atoms with Crippen LogP contribution in [0.4, 0.5) is 0 Å². The summed E-state index contributed by atoms with van der Waals surface area (Å²) >= 11 is 0. The van der Waals surface area contributed by atoms with Gasteiger partial charge in [0.25, 0.3) is 0 Å². The number of methoxy groups -OCH3 is 1. The number of hydrogen-bond donors (Lipinski definition) is 1. The van der Waals surface area contributed by atoms with Crippen LogP contribution in [-0.4, -0.2) is 32.4 Å². The fourth-order valence-corrected chi connectivity index (χ4v) is 2.60. The van der Waals surface area contributed by atoms with Crippen molar-refractivity contribution in [3.05, 3.63) is 53.8 Å². The van der Waals surface area contributed by atoms with Crippen molar-refractivity contribution in [3.8, 4) is 23.3 Å². The van der Waals surface area contributed by atoms with Crippen LogP contribution in [-0.2, 0) is 0 Å². The summed E-state index contributed by atoms with van der Waals surface area (Å²) in [4.78, 5) is 12.3. The van der Waals surface area contributed by atoms with E-state index in [2.05, 4.69) is 10.5 Å². The molecule has 0 aliphatic carbocycles. The van der Waals surface area contributed by atoms with Gasteiger partial charge in [0.05, 0.1) is 19.9 Å². The number of fused-ring (bicyclic) bond motifs is 1. The standard InChI is InChI=1S/C21H19N3O5/c1-3-27-16-5-7-17-15(11-16)12-20(29-17)21(25)24-23-13-14-4-6-18(28-9-8-22)19(10-14)26-2/h4-7,10-13H,3,9H2,1-2H3,(H,24,25)/b23-13+. The van der Waals surface area contributed by atoms with E-state index in [0.29, 0.717) is 35.0 Å². The predicted octanol–water partition coefficient (Wildman–Crippen LogP) is 3.51. The van der Waals surface area contributed by atoms with Crippen LogP contribution in [0.1, 0.15) is 23.0 Å². The Labute approximate surface area is 167 Å². The molecule has 0 radical (unpaired) electrons. The molecule has 0 aliphatic heterocycles. The van der Waals surface area contributed by atoms with Crippen molar-refractivity contribution in [3.63, 3.8) is 0 Å². The molecule has 3 aromatic rings. The zero-order valence-corrected chi connectivity index (χ0v) is 16.0. The minimum Gasteiger partial charge on any atom is -0.494 e. The number of nitrogens with one attached hydrogen (secondary N) is 1. The summed E-state index contributed by atoms with van der Waals surface area (Å²) in [5.74, 6) is 1.28. The van der Waals surface area contributed by atoms with Crippen LogP contribution < -0.4 is 19.6 Å². The van der Waals surface area contributed by atoms with Gasteiger partial charge in [0.1, 0.15) is 17.4 Å². The van der Waals surface area contributed by atoms with Gasteiger partial charge in [-0.15, -0.1) is 0 Å². The summed E-state index contributed by atoms with van der Waals surface area (Å²) < 4.78 is 21.5. The normalized spacial score (nSPS) is 10.7. The van der Waals surface area contributed by atoms with Crippen molar-refractivity contribution in [1.82, 2.24) is 5.43 Å². The smallest absolute Gasteiger partial charge is 0.307 e. The van der Waals surface area contributed by atoms with Crippen molar-refractivity contribution >= 4 is 23.1 Å². The van der Waals surface area contributed by atoms with Gasteiger partial charge in [0, 0.05) is 5.39 Å². The Hall–Kier alpha value is -3.99. The van der Waals surface area contributed by atoms with E-state index in [0.717, 1.165) is 5.39 Å². The third kappa shape index (κ3) is 4.84. The van der Waals surface area contributed by atoms with Gasteiger partial charge >= 0.3 is 5.91 Å². The average molecular weight is 393 g/mol. The number of nitriles is 1. The Morgan fingerprint density at radius 1 is 1.21 bits per heavy atom. The molecular weight excluding hydrogens is 374 g/mol. The first-order valence-corrected chi connectivity index (χ1v) is 8.82. The summed E-state index contributed by atoms with van der Waals surface area (Å²) in [6, 6.07) is 13.9. The lowest BCUT2D eigenvalue weighted by Crippen LogP contribution is -2.16. The zero-order chi connectivity index (χ0) is 20.6. The molecule has 0 saturated heterocycles. The quantitative estimate of drug-likeness (QED) is 0.464. The molecule has 0 bridgehead atoms. The monoisotopic (exact) mass is 393 g/mol. The molecule has 0 atom stereocenters. The van der Waals surface area contributed by atoms with Gasteiger partial charge in [0.2, 0.25) is 0 Å². The Balaban J connectivity index is 1.67. The summed E-state index contributed by atoms with van der Waals surface area (Å²) in [6.07, 6.45) is 1.46. The zero-order valence-electron chi connectivity index (χ0n) is 16.0. The first-order chi connectivity index (χ1) is 14.1. The van der Waals surface area contributed by atoms with Crippen LogP contribution in [0.2, 0.25) is 0 Å². The van der Waals surface area contributed by atoms with Crippen LogP contribution in [0.15, 0.2) is 52.0 Å². The van der Waals surface area contributed by atoms with Gasteiger partial charge in [-0.05, 0) is 55.0 Å². The molecule has 3 rings (SSSR count). The lowest BCUT2D eigenvalue weighted by Gasteiger charge is -2.08. The topological polar surface area (TPSA) is 106 Å². The van der Waals surface area contributed by atoms with Gasteiger partial charge in [-0.25, -0.2) is 5.43 Å². The van der Waals surface area contributed by atoms with E-state index in [-0.39, 0.29) is 12.4 Å². The van der Waals surface area contributed by atoms with E-state index < -0.39 is 5.91 Å². The molecule has 0 aliphatic rings. The van der Waals surface area contributed by atoms with E-state index in [1.54, 1.807) is 36.4 Å². The van der Waals surface area contributed by atoms with Crippen molar-refractivity contribution in [2.75, 3.05) is 20.3 Å². The molecule has 1 aromatic heterocycles. The van der Waals surface area contributed by atoms with E-state index >= 15 is 0 Å². The number of ether oxygens (including phenoxy) is 3. The lowest BCUT2D eigenvalue weighted by molar-refractivity contribution is 0.0929. The molecule has 2 aromatic carbocycles. The highest BCUT2D eigenvalue weighted by atomic mass is 16.5. The predicted molar refractivity (Wildman–Crippen MR) is 107 cm³/mol. The summed E-state index contributed by atoms with van der Waals surface area (Å²) in [5.41, 5.74) is 3.69. The number of carbonyl (C=O) groups excluding carboxylic acids is 1. The molecular formula is C21H19N3O5. The molecule has 1 amide bonds. The molecule has 0 fully saturated rings. The molecule has 1 N–H and O–H groups in total.